The van der Waals surface area contributed by atoms with E-state index in [0.717, 1.165) is 38.5 Å². The minimum Gasteiger partial charge on any atom is -0.299 e. The number of ketones is 1. The molecule has 0 heterocycles. The van der Waals surface area contributed by atoms with Gasteiger partial charge in [0.15, 0.2) is 0 Å². The van der Waals surface area contributed by atoms with Gasteiger partial charge in [0.05, 0.1) is 11.5 Å². The number of Topliss-reactive ketones (excluding diaryl/α,β-unsaturated/α-hetero) is 1. The molecule has 1 rings (SSSR count). The summed E-state index contributed by atoms with van der Waals surface area (Å²) in [6.07, 6.45) is 10.1. The van der Waals surface area contributed by atoms with Crippen LogP contribution >= 0.6 is 10.3 Å². The van der Waals surface area contributed by atoms with Crippen LogP contribution in [0.3, 0.4) is 0 Å². The van der Waals surface area contributed by atoms with E-state index >= 15 is 0 Å². The molecule has 1 unspecified atom stereocenters. The number of hydrogen-bond acceptors (Lipinski definition) is 4. The molecule has 0 amide bonds. The van der Waals surface area contributed by atoms with Gasteiger partial charge in [-0.3, -0.25) is 4.79 Å². The highest BCUT2D eigenvalue weighted by Crippen LogP contribution is 2.56. The van der Waals surface area contributed by atoms with Crippen LogP contribution in [0.25, 0.3) is 0 Å². The molecule has 22 heavy (non-hydrogen) atoms. The van der Waals surface area contributed by atoms with Crippen molar-refractivity contribution in [2.75, 3.05) is 17.8 Å². The fourth-order valence-electron chi connectivity index (χ4n) is 3.02. The van der Waals surface area contributed by atoms with Gasteiger partial charge < -0.3 is 0 Å². The van der Waals surface area contributed by atoms with Crippen LogP contribution in [-0.4, -0.2) is 37.2 Å². The number of carbonyl (C=O) groups is 1. The molecule has 132 valence electrons. The topological polar surface area (TPSA) is 60.4 Å². The van der Waals surface area contributed by atoms with Gasteiger partial charge in [-0.15, -0.1) is 10.3 Å². The van der Waals surface area contributed by atoms with Gasteiger partial charge in [-0.25, -0.2) is 3.63 Å². The van der Waals surface area contributed by atoms with E-state index in [-0.39, 0.29) is 16.8 Å². The minimum absolute atomic E-state index is 0.0702. The van der Waals surface area contributed by atoms with Crippen molar-refractivity contribution in [2.45, 2.75) is 76.9 Å². The van der Waals surface area contributed by atoms with E-state index in [2.05, 4.69) is 0 Å². The molecule has 0 aromatic heterocycles. The Balaban J connectivity index is 2.86. The molecule has 1 fully saturated rings. The Morgan fingerprint density at radius 3 is 2.27 bits per heavy atom. The summed E-state index contributed by atoms with van der Waals surface area (Å²) < 4.78 is 30.3. The van der Waals surface area contributed by atoms with E-state index in [9.17, 15) is 13.2 Å². The zero-order chi connectivity index (χ0) is 16.6. The van der Waals surface area contributed by atoms with Crippen molar-refractivity contribution in [1.29, 1.82) is 0 Å². The van der Waals surface area contributed by atoms with E-state index in [4.69, 9.17) is 3.63 Å². The average molecular weight is 353 g/mol. The van der Waals surface area contributed by atoms with Crippen LogP contribution < -0.4 is 0 Å². The quantitative estimate of drug-likeness (QED) is 0.591. The van der Waals surface area contributed by atoms with Crippen LogP contribution in [0.15, 0.2) is 0 Å². The van der Waals surface area contributed by atoms with Crippen LogP contribution in [0, 0.1) is 0 Å². The summed E-state index contributed by atoms with van der Waals surface area (Å²) in [5.41, 5.74) is 0. The molecule has 1 aliphatic carbocycles. The third kappa shape index (κ3) is 6.59. The summed E-state index contributed by atoms with van der Waals surface area (Å²) in [7, 11) is -5.41. The van der Waals surface area contributed by atoms with E-state index in [1.165, 1.54) is 6.42 Å². The zero-order valence-corrected chi connectivity index (χ0v) is 15.9. The SMILES string of the molecule is CCCCS(=O)(=O)OS(C)(CC(=O)CCC)C1CCCCC1. The standard InChI is InChI=1S/C16H32O4S2/c1-4-6-13-22(18,19)20-21(3,14-15(17)10-5-2)16-11-8-7-9-12-16/h16H,4-14H2,1-3H3. The van der Waals surface area contributed by atoms with Gasteiger partial charge in [-0.2, -0.15) is 8.42 Å². The summed E-state index contributed by atoms with van der Waals surface area (Å²) in [5, 5.41) is 0.249. The molecule has 0 aliphatic heterocycles. The van der Waals surface area contributed by atoms with Crippen LogP contribution in [0.2, 0.25) is 0 Å². The van der Waals surface area contributed by atoms with Gasteiger partial charge in [0.1, 0.15) is 5.78 Å². The molecule has 0 spiro atoms. The van der Waals surface area contributed by atoms with Crippen molar-refractivity contribution in [1.82, 2.24) is 0 Å². The number of rotatable bonds is 10. The highest BCUT2D eigenvalue weighted by atomic mass is 32.3. The normalized spacial score (nSPS) is 21.2. The van der Waals surface area contributed by atoms with Crippen LogP contribution in [-0.2, 0) is 18.5 Å². The molecule has 4 nitrogen and oxygen atoms in total. The summed E-state index contributed by atoms with van der Waals surface area (Å²) in [6, 6.07) is 0. The Hall–Kier alpha value is -0.0700. The summed E-state index contributed by atoms with van der Waals surface area (Å²) in [6.45, 7) is 3.94. The lowest BCUT2D eigenvalue weighted by Gasteiger charge is -2.43. The average Bonchev–Trinajstić information content (AvgIpc) is 2.45. The second-order valence-corrected chi connectivity index (χ2v) is 11.6. The second-order valence-electron chi connectivity index (χ2n) is 6.45. The fourth-order valence-corrected chi connectivity index (χ4v) is 8.82. The van der Waals surface area contributed by atoms with Crippen LogP contribution in [0.5, 0.6) is 0 Å². The molecule has 1 aliphatic rings. The van der Waals surface area contributed by atoms with Crippen molar-refractivity contribution >= 4 is 26.2 Å². The highest BCUT2D eigenvalue weighted by Gasteiger charge is 2.37. The smallest absolute Gasteiger partial charge is 0.276 e. The van der Waals surface area contributed by atoms with Crippen molar-refractivity contribution in [2.24, 2.45) is 0 Å². The Bertz CT molecular complexity index is 441. The molecule has 0 N–H and O–H groups in total. The highest BCUT2D eigenvalue weighted by molar-refractivity contribution is 8.33. The van der Waals surface area contributed by atoms with Crippen molar-refractivity contribution in [3.63, 3.8) is 0 Å². The molecular formula is C16H32O4S2. The lowest BCUT2D eigenvalue weighted by atomic mass is 10.0. The maximum Gasteiger partial charge on any atom is 0.276 e. The van der Waals surface area contributed by atoms with Crippen LogP contribution in [0.4, 0.5) is 0 Å². The van der Waals surface area contributed by atoms with E-state index in [1.54, 1.807) is 0 Å². The summed E-state index contributed by atoms with van der Waals surface area (Å²) in [5.74, 6) is 0.522. The Kier molecular flexibility index (Phi) is 8.43. The maximum absolute atomic E-state index is 12.3. The van der Waals surface area contributed by atoms with Gasteiger partial charge >= 0.3 is 0 Å². The molecule has 0 bridgehead atoms. The molecule has 0 aromatic rings. The Morgan fingerprint density at radius 2 is 1.73 bits per heavy atom. The first-order chi connectivity index (χ1) is 10.3. The Morgan fingerprint density at radius 1 is 1.09 bits per heavy atom. The molecule has 1 saturated carbocycles. The third-order valence-electron chi connectivity index (χ3n) is 4.24. The lowest BCUT2D eigenvalue weighted by Crippen LogP contribution is -2.30. The Labute approximate surface area is 138 Å². The molecule has 0 saturated heterocycles. The fraction of sp³-hybridized carbons (Fsp3) is 0.938. The second kappa shape index (κ2) is 9.28. The molecule has 6 heteroatoms. The molecular weight excluding hydrogens is 320 g/mol. The van der Waals surface area contributed by atoms with Crippen molar-refractivity contribution < 1.29 is 16.8 Å². The molecule has 1 atom stereocenters. The maximum atomic E-state index is 12.3. The summed E-state index contributed by atoms with van der Waals surface area (Å²) in [4.78, 5) is 12.1. The number of hydrogen-bond donors (Lipinski definition) is 0. The van der Waals surface area contributed by atoms with E-state index in [0.29, 0.717) is 18.6 Å². The first kappa shape index (κ1) is 20.0. The first-order valence-electron chi connectivity index (χ1n) is 8.53. The molecule has 0 aromatic carbocycles. The van der Waals surface area contributed by atoms with Crippen molar-refractivity contribution in [3.05, 3.63) is 0 Å². The first-order valence-corrected chi connectivity index (χ1v) is 12.3. The lowest BCUT2D eigenvalue weighted by molar-refractivity contribution is -0.116. The number of carbonyl (C=O) groups excluding carboxylic acids is 1. The van der Waals surface area contributed by atoms with E-state index < -0.39 is 20.4 Å². The monoisotopic (exact) mass is 352 g/mol. The predicted molar refractivity (Wildman–Crippen MR) is 94.9 cm³/mol. The number of unbranched alkanes of at least 4 members (excludes halogenated alkanes) is 1. The summed E-state index contributed by atoms with van der Waals surface area (Å²) >= 11 is 0. The molecule has 0 radical (unpaired) electrons. The minimum atomic E-state index is -3.53. The zero-order valence-electron chi connectivity index (χ0n) is 14.3. The van der Waals surface area contributed by atoms with Gasteiger partial charge in [-0.05, 0) is 31.9 Å². The van der Waals surface area contributed by atoms with Gasteiger partial charge in [0.25, 0.3) is 10.1 Å². The van der Waals surface area contributed by atoms with Gasteiger partial charge in [0, 0.05) is 11.7 Å². The van der Waals surface area contributed by atoms with Gasteiger partial charge in [0.2, 0.25) is 0 Å². The van der Waals surface area contributed by atoms with Crippen molar-refractivity contribution in [3.8, 4) is 0 Å². The predicted octanol–water partition coefficient (Wildman–Crippen LogP) is 4.18. The largest absolute Gasteiger partial charge is 0.299 e. The van der Waals surface area contributed by atoms with Gasteiger partial charge in [-0.1, -0.05) is 39.5 Å². The van der Waals surface area contributed by atoms with Crippen LogP contribution in [0.1, 0.15) is 71.6 Å². The third-order valence-corrected chi connectivity index (χ3v) is 9.88. The van der Waals surface area contributed by atoms with E-state index in [1.807, 2.05) is 20.1 Å².